The molecule has 3 heterocycles. The smallest absolute Gasteiger partial charge is 0.255 e. The zero-order valence-corrected chi connectivity index (χ0v) is 16.5. The minimum atomic E-state index is -0.169. The SMILES string of the molecule is Cc1noc2ccc(C(=O)Nc3ccc4nc(CN5CCC[C@@H]5C)[nH]c4c3)cc12. The first-order chi connectivity index (χ1) is 14.1. The number of nitrogens with one attached hydrogen (secondary N) is 2. The lowest BCUT2D eigenvalue weighted by atomic mass is 10.1. The summed E-state index contributed by atoms with van der Waals surface area (Å²) < 4.78 is 5.21. The summed E-state index contributed by atoms with van der Waals surface area (Å²) in [6.07, 6.45) is 2.49. The highest BCUT2D eigenvalue weighted by Crippen LogP contribution is 2.23. The summed E-state index contributed by atoms with van der Waals surface area (Å²) in [5, 5.41) is 7.75. The number of amides is 1. The molecule has 7 heteroatoms. The van der Waals surface area contributed by atoms with Crippen molar-refractivity contribution in [2.24, 2.45) is 0 Å². The van der Waals surface area contributed by atoms with Crippen LogP contribution in [-0.4, -0.2) is 38.5 Å². The third kappa shape index (κ3) is 3.38. The molecule has 1 aliphatic rings. The largest absolute Gasteiger partial charge is 0.356 e. The van der Waals surface area contributed by atoms with Gasteiger partial charge in [0.1, 0.15) is 5.82 Å². The lowest BCUT2D eigenvalue weighted by Gasteiger charge is -2.19. The molecule has 2 aromatic heterocycles. The standard InChI is InChI=1S/C22H23N5O2/c1-13-4-3-9-27(13)12-21-24-18-7-6-16(11-19(18)25-21)23-22(28)15-5-8-20-17(10-15)14(2)26-29-20/h5-8,10-11,13H,3-4,9,12H2,1-2H3,(H,23,28)(H,24,25)/t13-/m0/s1. The van der Waals surface area contributed by atoms with Crippen molar-refractivity contribution >= 4 is 33.6 Å². The quantitative estimate of drug-likeness (QED) is 0.545. The second kappa shape index (κ2) is 7.00. The van der Waals surface area contributed by atoms with Gasteiger partial charge in [0.2, 0.25) is 0 Å². The topological polar surface area (TPSA) is 87.1 Å². The van der Waals surface area contributed by atoms with E-state index in [1.54, 1.807) is 18.2 Å². The van der Waals surface area contributed by atoms with Gasteiger partial charge in [0.15, 0.2) is 5.58 Å². The molecule has 1 aliphatic heterocycles. The van der Waals surface area contributed by atoms with Crippen molar-refractivity contribution < 1.29 is 9.32 Å². The van der Waals surface area contributed by atoms with Crippen LogP contribution >= 0.6 is 0 Å². The number of aryl methyl sites for hydroxylation is 1. The molecule has 1 atom stereocenters. The van der Waals surface area contributed by atoms with E-state index >= 15 is 0 Å². The monoisotopic (exact) mass is 389 g/mol. The molecular formula is C22H23N5O2. The first-order valence-corrected chi connectivity index (χ1v) is 9.97. The molecule has 0 aliphatic carbocycles. The van der Waals surface area contributed by atoms with Crippen LogP contribution in [0.4, 0.5) is 5.69 Å². The molecular weight excluding hydrogens is 366 g/mol. The van der Waals surface area contributed by atoms with E-state index < -0.39 is 0 Å². The van der Waals surface area contributed by atoms with E-state index in [-0.39, 0.29) is 5.91 Å². The molecule has 0 spiro atoms. The number of imidazole rings is 1. The van der Waals surface area contributed by atoms with Crippen molar-refractivity contribution in [2.75, 3.05) is 11.9 Å². The Morgan fingerprint density at radius 2 is 2.21 bits per heavy atom. The van der Waals surface area contributed by atoms with E-state index in [0.29, 0.717) is 17.2 Å². The van der Waals surface area contributed by atoms with E-state index in [9.17, 15) is 4.79 Å². The average molecular weight is 389 g/mol. The van der Waals surface area contributed by atoms with Crippen LogP contribution in [0.25, 0.3) is 22.0 Å². The molecule has 0 bridgehead atoms. The van der Waals surface area contributed by atoms with Crippen LogP contribution in [0.15, 0.2) is 40.9 Å². The molecule has 2 aromatic carbocycles. The lowest BCUT2D eigenvalue weighted by Crippen LogP contribution is -2.26. The van der Waals surface area contributed by atoms with Crippen molar-refractivity contribution in [3.8, 4) is 0 Å². The van der Waals surface area contributed by atoms with E-state index in [1.165, 1.54) is 12.8 Å². The van der Waals surface area contributed by atoms with Crippen molar-refractivity contribution in [1.29, 1.82) is 0 Å². The summed E-state index contributed by atoms with van der Waals surface area (Å²) in [6, 6.07) is 11.7. The number of H-pyrrole nitrogens is 1. The average Bonchev–Trinajstić information content (AvgIpc) is 3.41. The Morgan fingerprint density at radius 3 is 3.03 bits per heavy atom. The molecule has 2 N–H and O–H groups in total. The van der Waals surface area contributed by atoms with E-state index in [2.05, 4.69) is 27.3 Å². The number of hydrogen-bond donors (Lipinski definition) is 2. The maximum Gasteiger partial charge on any atom is 0.255 e. The molecule has 1 amide bonds. The van der Waals surface area contributed by atoms with Crippen LogP contribution in [0.3, 0.4) is 0 Å². The molecule has 0 unspecified atom stereocenters. The molecule has 0 saturated carbocycles. The predicted octanol–water partition coefficient (Wildman–Crippen LogP) is 4.25. The Hall–Kier alpha value is -3.19. The lowest BCUT2D eigenvalue weighted by molar-refractivity contribution is 0.102. The maximum absolute atomic E-state index is 12.7. The van der Waals surface area contributed by atoms with Crippen molar-refractivity contribution in [3.63, 3.8) is 0 Å². The van der Waals surface area contributed by atoms with E-state index in [4.69, 9.17) is 9.51 Å². The maximum atomic E-state index is 12.7. The Bertz CT molecular complexity index is 1210. The van der Waals surface area contributed by atoms with Gasteiger partial charge in [-0.3, -0.25) is 9.69 Å². The summed E-state index contributed by atoms with van der Waals surface area (Å²) in [5.41, 5.74) is 4.58. The van der Waals surface area contributed by atoms with Gasteiger partial charge in [-0.05, 0) is 69.6 Å². The fourth-order valence-electron chi connectivity index (χ4n) is 4.04. The van der Waals surface area contributed by atoms with Crippen LogP contribution in [-0.2, 0) is 6.54 Å². The Labute approximate surface area is 168 Å². The number of carbonyl (C=O) groups is 1. The Kier molecular flexibility index (Phi) is 4.32. The first kappa shape index (κ1) is 17.9. The van der Waals surface area contributed by atoms with Gasteiger partial charge >= 0.3 is 0 Å². The van der Waals surface area contributed by atoms with Crippen LogP contribution in [0.5, 0.6) is 0 Å². The molecule has 4 aromatic rings. The normalized spacial score (nSPS) is 17.4. The fourth-order valence-corrected chi connectivity index (χ4v) is 4.04. The molecule has 1 fully saturated rings. The minimum absolute atomic E-state index is 0.169. The fraction of sp³-hybridized carbons (Fsp3) is 0.318. The van der Waals surface area contributed by atoms with Gasteiger partial charge in [-0.2, -0.15) is 0 Å². The van der Waals surface area contributed by atoms with Crippen LogP contribution in [0.2, 0.25) is 0 Å². The molecule has 0 radical (unpaired) electrons. The van der Waals surface area contributed by atoms with Gasteiger partial charge in [0.25, 0.3) is 5.91 Å². The minimum Gasteiger partial charge on any atom is -0.356 e. The number of aromatic amines is 1. The zero-order valence-electron chi connectivity index (χ0n) is 16.5. The zero-order chi connectivity index (χ0) is 20.0. The van der Waals surface area contributed by atoms with Gasteiger partial charge in [0.05, 0.1) is 23.3 Å². The summed E-state index contributed by atoms with van der Waals surface area (Å²) in [4.78, 5) is 23.3. The number of nitrogens with zero attached hydrogens (tertiary/aromatic N) is 3. The number of carbonyl (C=O) groups excluding carboxylic acids is 1. The first-order valence-electron chi connectivity index (χ1n) is 9.97. The van der Waals surface area contributed by atoms with Gasteiger partial charge in [0, 0.05) is 22.7 Å². The molecule has 29 heavy (non-hydrogen) atoms. The summed E-state index contributed by atoms with van der Waals surface area (Å²) >= 11 is 0. The number of anilines is 1. The Balaban J connectivity index is 1.35. The number of likely N-dealkylation sites (tertiary alicyclic amines) is 1. The summed E-state index contributed by atoms with van der Waals surface area (Å²) in [6.45, 7) is 6.08. The molecule has 1 saturated heterocycles. The van der Waals surface area contributed by atoms with Crippen LogP contribution in [0.1, 0.15) is 41.6 Å². The molecule has 5 rings (SSSR count). The number of benzene rings is 2. The molecule has 7 nitrogen and oxygen atoms in total. The number of rotatable bonds is 4. The van der Waals surface area contributed by atoms with Gasteiger partial charge in [-0.1, -0.05) is 5.16 Å². The van der Waals surface area contributed by atoms with Crippen LogP contribution < -0.4 is 5.32 Å². The highest BCUT2D eigenvalue weighted by atomic mass is 16.5. The third-order valence-corrected chi connectivity index (χ3v) is 5.74. The number of fused-ring (bicyclic) bond motifs is 2. The van der Waals surface area contributed by atoms with Crippen molar-refractivity contribution in [3.05, 3.63) is 53.5 Å². The van der Waals surface area contributed by atoms with Crippen molar-refractivity contribution in [2.45, 2.75) is 39.3 Å². The number of hydrogen-bond acceptors (Lipinski definition) is 5. The van der Waals surface area contributed by atoms with Gasteiger partial charge in [-0.25, -0.2) is 4.98 Å². The van der Waals surface area contributed by atoms with E-state index in [1.807, 2.05) is 25.1 Å². The van der Waals surface area contributed by atoms with Gasteiger partial charge in [-0.15, -0.1) is 0 Å². The van der Waals surface area contributed by atoms with Gasteiger partial charge < -0.3 is 14.8 Å². The van der Waals surface area contributed by atoms with Crippen LogP contribution in [0, 0.1) is 6.92 Å². The second-order valence-corrected chi connectivity index (χ2v) is 7.81. The third-order valence-electron chi connectivity index (χ3n) is 5.74. The second-order valence-electron chi connectivity index (χ2n) is 7.81. The predicted molar refractivity (Wildman–Crippen MR) is 112 cm³/mol. The highest BCUT2D eigenvalue weighted by molar-refractivity contribution is 6.06. The molecule has 148 valence electrons. The highest BCUT2D eigenvalue weighted by Gasteiger charge is 2.21. The summed E-state index contributed by atoms with van der Waals surface area (Å²) in [7, 11) is 0. The number of aromatic nitrogens is 3. The summed E-state index contributed by atoms with van der Waals surface area (Å²) in [5.74, 6) is 0.795. The van der Waals surface area contributed by atoms with Crippen molar-refractivity contribution in [1.82, 2.24) is 20.0 Å². The Morgan fingerprint density at radius 1 is 1.31 bits per heavy atom. The van der Waals surface area contributed by atoms with E-state index in [0.717, 1.165) is 46.7 Å².